The molecule has 0 aliphatic rings. The van der Waals surface area contributed by atoms with Gasteiger partial charge in [0.25, 0.3) is 5.91 Å². The molecule has 0 aliphatic heterocycles. The first kappa shape index (κ1) is 15.2. The van der Waals surface area contributed by atoms with E-state index in [-0.39, 0.29) is 5.91 Å². The summed E-state index contributed by atoms with van der Waals surface area (Å²) in [6.07, 6.45) is 0. The van der Waals surface area contributed by atoms with Crippen LogP contribution in [-0.2, 0) is 0 Å². The van der Waals surface area contributed by atoms with Crippen molar-refractivity contribution in [3.05, 3.63) is 76.9 Å². The van der Waals surface area contributed by atoms with Crippen LogP contribution in [0.3, 0.4) is 0 Å². The van der Waals surface area contributed by atoms with Gasteiger partial charge < -0.3 is 4.57 Å². The summed E-state index contributed by atoms with van der Waals surface area (Å²) >= 11 is 0. The zero-order chi connectivity index (χ0) is 16.6. The minimum atomic E-state index is -0.114. The molecule has 4 heteroatoms. The molecule has 0 aliphatic carbocycles. The summed E-state index contributed by atoms with van der Waals surface area (Å²) in [5.41, 5.74) is 8.89. The maximum Gasteiger partial charge on any atom is 0.270 e. The van der Waals surface area contributed by atoms with Gasteiger partial charge in [0.05, 0.1) is 0 Å². The molecule has 0 saturated heterocycles. The summed E-state index contributed by atoms with van der Waals surface area (Å²) in [6, 6.07) is 15.8. The van der Waals surface area contributed by atoms with Crippen molar-refractivity contribution in [2.75, 3.05) is 5.43 Å². The van der Waals surface area contributed by atoms with Gasteiger partial charge in [-0.05, 0) is 70.2 Å². The summed E-state index contributed by atoms with van der Waals surface area (Å²) < 4.78 is 3.95. The molecule has 0 atom stereocenters. The van der Waals surface area contributed by atoms with Crippen molar-refractivity contribution in [3.63, 3.8) is 0 Å². The highest BCUT2D eigenvalue weighted by atomic mass is 16.2. The monoisotopic (exact) mass is 307 g/mol. The van der Waals surface area contributed by atoms with Crippen molar-refractivity contribution < 1.29 is 4.79 Å². The number of hydrogen-bond donors (Lipinski definition) is 1. The van der Waals surface area contributed by atoms with Crippen molar-refractivity contribution >= 4 is 5.91 Å². The molecule has 1 N–H and O–H groups in total. The zero-order valence-corrected chi connectivity index (χ0v) is 13.9. The third kappa shape index (κ3) is 2.80. The Morgan fingerprint density at radius 3 is 2.00 bits per heavy atom. The number of aryl methyl sites for hydroxylation is 4. The molecule has 0 saturated carbocycles. The maximum atomic E-state index is 12.6. The highest BCUT2D eigenvalue weighted by molar-refractivity contribution is 6.00. The summed E-state index contributed by atoms with van der Waals surface area (Å²) in [6.45, 7) is 8.06. The minimum absolute atomic E-state index is 0.114. The van der Waals surface area contributed by atoms with Crippen molar-refractivity contribution in [1.29, 1.82) is 0 Å². The van der Waals surface area contributed by atoms with Crippen LogP contribution in [0.2, 0.25) is 0 Å². The van der Waals surface area contributed by atoms with Crippen molar-refractivity contribution in [2.24, 2.45) is 0 Å². The molecule has 1 aromatic carbocycles. The van der Waals surface area contributed by atoms with E-state index >= 15 is 0 Å². The number of rotatable bonds is 3. The van der Waals surface area contributed by atoms with Gasteiger partial charge in [0.2, 0.25) is 0 Å². The van der Waals surface area contributed by atoms with E-state index in [2.05, 4.69) is 36.0 Å². The Bertz CT molecular complexity index is 832. The lowest BCUT2D eigenvalue weighted by Gasteiger charge is -2.13. The molecule has 0 fully saturated rings. The Hall–Kier alpha value is -2.75. The number of carbonyl (C=O) groups is 1. The predicted octanol–water partition coefficient (Wildman–Crippen LogP) is 3.90. The fourth-order valence-electron chi connectivity index (χ4n) is 2.87. The van der Waals surface area contributed by atoms with E-state index in [1.807, 2.05) is 50.2 Å². The summed E-state index contributed by atoms with van der Waals surface area (Å²) in [7, 11) is 0. The van der Waals surface area contributed by atoms with Crippen LogP contribution in [0, 0.1) is 27.7 Å². The lowest BCUT2D eigenvalue weighted by Crippen LogP contribution is -2.24. The molecule has 0 unspecified atom stereocenters. The van der Waals surface area contributed by atoms with Crippen LogP contribution in [-0.4, -0.2) is 15.2 Å². The highest BCUT2D eigenvalue weighted by Gasteiger charge is 2.11. The van der Waals surface area contributed by atoms with Gasteiger partial charge in [-0.1, -0.05) is 6.07 Å². The number of nitrogens with zero attached hydrogens (tertiary/aromatic N) is 2. The predicted molar refractivity (Wildman–Crippen MR) is 92.8 cm³/mol. The van der Waals surface area contributed by atoms with Gasteiger partial charge in [0.15, 0.2) is 0 Å². The van der Waals surface area contributed by atoms with Gasteiger partial charge in [0.1, 0.15) is 0 Å². The number of hydrogen-bond acceptors (Lipinski definition) is 1. The molecule has 2 aromatic heterocycles. The molecule has 4 nitrogen and oxygen atoms in total. The number of benzene rings is 1. The average molecular weight is 307 g/mol. The van der Waals surface area contributed by atoms with E-state index in [0.717, 1.165) is 28.5 Å². The quantitative estimate of drug-likeness (QED) is 0.783. The third-order valence-electron chi connectivity index (χ3n) is 4.12. The Labute approximate surface area is 136 Å². The van der Waals surface area contributed by atoms with Crippen LogP contribution in [0.15, 0.2) is 48.5 Å². The van der Waals surface area contributed by atoms with Gasteiger partial charge in [-0.2, -0.15) is 0 Å². The number of aromatic nitrogens is 2. The van der Waals surface area contributed by atoms with Crippen LogP contribution in [0.4, 0.5) is 0 Å². The molecule has 0 spiro atoms. The van der Waals surface area contributed by atoms with E-state index < -0.39 is 0 Å². The number of carbonyl (C=O) groups excluding carboxylic acids is 1. The van der Waals surface area contributed by atoms with Crippen LogP contribution < -0.4 is 5.43 Å². The molecule has 1 amide bonds. The smallest absolute Gasteiger partial charge is 0.270 e. The Kier molecular flexibility index (Phi) is 3.82. The van der Waals surface area contributed by atoms with E-state index in [9.17, 15) is 4.79 Å². The van der Waals surface area contributed by atoms with Gasteiger partial charge in [-0.15, -0.1) is 0 Å². The molecule has 0 bridgehead atoms. The summed E-state index contributed by atoms with van der Waals surface area (Å²) in [4.78, 5) is 12.6. The van der Waals surface area contributed by atoms with E-state index in [1.54, 1.807) is 4.68 Å². The first-order chi connectivity index (χ1) is 11.0. The molecule has 3 aromatic rings. The van der Waals surface area contributed by atoms with Crippen molar-refractivity contribution in [2.45, 2.75) is 27.7 Å². The van der Waals surface area contributed by atoms with Gasteiger partial charge in [-0.25, -0.2) is 0 Å². The fourth-order valence-corrected chi connectivity index (χ4v) is 2.87. The SMILES string of the molecule is Cc1ccc(C)n1NC(=O)c1cccc(-n2c(C)ccc2C)c1. The van der Waals surface area contributed by atoms with Crippen LogP contribution in [0.1, 0.15) is 33.1 Å². The van der Waals surface area contributed by atoms with Gasteiger partial charge in [-0.3, -0.25) is 14.9 Å². The average Bonchev–Trinajstić information content (AvgIpc) is 3.03. The summed E-state index contributed by atoms with van der Waals surface area (Å²) in [5, 5.41) is 0. The Balaban J connectivity index is 1.92. The first-order valence-corrected chi connectivity index (χ1v) is 7.69. The minimum Gasteiger partial charge on any atom is -0.318 e. The van der Waals surface area contributed by atoms with Crippen LogP contribution in [0.25, 0.3) is 5.69 Å². The Morgan fingerprint density at radius 1 is 0.826 bits per heavy atom. The van der Waals surface area contributed by atoms with E-state index in [1.165, 1.54) is 0 Å². The van der Waals surface area contributed by atoms with E-state index in [4.69, 9.17) is 0 Å². The standard InChI is InChI=1S/C19H21N3O/c1-13-8-9-14(2)21(13)18-7-5-6-17(12-18)19(23)20-22-15(3)10-11-16(22)4/h5-12H,1-4H3,(H,20,23). The lowest BCUT2D eigenvalue weighted by molar-refractivity contribution is 0.101. The van der Waals surface area contributed by atoms with Crippen molar-refractivity contribution in [1.82, 2.24) is 9.24 Å². The van der Waals surface area contributed by atoms with Gasteiger partial charge in [0, 0.05) is 34.0 Å². The lowest BCUT2D eigenvalue weighted by atomic mass is 10.2. The van der Waals surface area contributed by atoms with Crippen LogP contribution >= 0.6 is 0 Å². The highest BCUT2D eigenvalue weighted by Crippen LogP contribution is 2.18. The second-order valence-corrected chi connectivity index (χ2v) is 5.89. The van der Waals surface area contributed by atoms with E-state index in [0.29, 0.717) is 5.56 Å². The molecule has 23 heavy (non-hydrogen) atoms. The van der Waals surface area contributed by atoms with Gasteiger partial charge >= 0.3 is 0 Å². The number of nitrogens with one attached hydrogen (secondary N) is 1. The zero-order valence-electron chi connectivity index (χ0n) is 13.9. The topological polar surface area (TPSA) is 39.0 Å². The maximum absolute atomic E-state index is 12.6. The second-order valence-electron chi connectivity index (χ2n) is 5.89. The normalized spacial score (nSPS) is 10.8. The Morgan fingerprint density at radius 2 is 1.39 bits per heavy atom. The van der Waals surface area contributed by atoms with Crippen molar-refractivity contribution in [3.8, 4) is 5.69 Å². The second kappa shape index (κ2) is 5.80. The molecular formula is C19H21N3O. The molecule has 0 radical (unpaired) electrons. The molecule has 118 valence electrons. The molecular weight excluding hydrogens is 286 g/mol. The number of amides is 1. The first-order valence-electron chi connectivity index (χ1n) is 7.69. The fraction of sp³-hybridized carbons (Fsp3) is 0.211. The largest absolute Gasteiger partial charge is 0.318 e. The summed E-state index contributed by atoms with van der Waals surface area (Å²) in [5.74, 6) is -0.114. The third-order valence-corrected chi connectivity index (χ3v) is 4.12. The van der Waals surface area contributed by atoms with Crippen LogP contribution in [0.5, 0.6) is 0 Å². The molecule has 2 heterocycles. The molecule has 3 rings (SSSR count).